The van der Waals surface area contributed by atoms with Gasteiger partial charge in [-0.05, 0) is 6.42 Å². The first-order chi connectivity index (χ1) is 6.56. The fourth-order valence-corrected chi connectivity index (χ4v) is 0.718. The summed E-state index contributed by atoms with van der Waals surface area (Å²) in [6.45, 7) is 2.04. The Bertz CT molecular complexity index is 194. The summed E-state index contributed by atoms with van der Waals surface area (Å²) in [6, 6.07) is 0. The van der Waals surface area contributed by atoms with Crippen LogP contribution in [0, 0.1) is 0 Å². The molecule has 0 aromatic rings. The third-order valence-electron chi connectivity index (χ3n) is 1.13. The maximum Gasteiger partial charge on any atom is 0.317 e. The third kappa shape index (κ3) is 8.13. The molecule has 0 spiro atoms. The van der Waals surface area contributed by atoms with Gasteiger partial charge in [0.1, 0.15) is 17.9 Å². The minimum absolute atomic E-state index is 0.122. The summed E-state index contributed by atoms with van der Waals surface area (Å²) in [7, 11) is 0. The van der Waals surface area contributed by atoms with Gasteiger partial charge in [0.25, 0.3) is 0 Å². The van der Waals surface area contributed by atoms with Gasteiger partial charge in [0.05, 0.1) is 6.61 Å². The molecule has 0 aliphatic heterocycles. The lowest BCUT2D eigenvalue weighted by atomic mass is 10.4. The molecule has 0 aliphatic carbocycles. The molecule has 0 aromatic heterocycles. The molecule has 0 heterocycles. The molecule has 0 bridgehead atoms. The van der Waals surface area contributed by atoms with Gasteiger partial charge in [0.15, 0.2) is 0 Å². The Labute approximate surface area is 92.5 Å². The lowest BCUT2D eigenvalue weighted by molar-refractivity contribution is -0.154. The number of hydrogen-bond donors (Lipinski definition) is 0. The Kier molecular flexibility index (Phi) is 7.61. The van der Waals surface area contributed by atoms with Gasteiger partial charge < -0.3 is 9.47 Å². The first-order valence-electron chi connectivity index (χ1n) is 4.15. The number of carbonyl (C=O) groups excluding carboxylic acids is 2. The van der Waals surface area contributed by atoms with Crippen LogP contribution >= 0.6 is 23.2 Å². The molecule has 0 saturated heterocycles. The number of halogens is 2. The van der Waals surface area contributed by atoms with Gasteiger partial charge in [-0.1, -0.05) is 6.92 Å². The summed E-state index contributed by atoms with van der Waals surface area (Å²) < 4.78 is 9.21. The van der Waals surface area contributed by atoms with Gasteiger partial charge in [-0.15, -0.1) is 23.2 Å². The lowest BCUT2D eigenvalue weighted by Gasteiger charge is -2.04. The van der Waals surface area contributed by atoms with Crippen molar-refractivity contribution in [1.29, 1.82) is 0 Å². The number of rotatable bonds is 6. The maximum atomic E-state index is 10.9. The second kappa shape index (κ2) is 7.88. The van der Waals surface area contributed by atoms with Crippen molar-refractivity contribution in [1.82, 2.24) is 0 Å². The molecule has 0 aliphatic rings. The van der Waals surface area contributed by atoms with Crippen molar-refractivity contribution in [2.75, 3.05) is 13.2 Å². The molecular formula is C8H12Cl2O4. The van der Waals surface area contributed by atoms with E-state index in [-0.39, 0.29) is 6.61 Å². The summed E-state index contributed by atoms with van der Waals surface area (Å²) in [4.78, 5) is 21.0. The van der Waals surface area contributed by atoms with E-state index in [4.69, 9.17) is 23.2 Å². The number of hydrogen-bond acceptors (Lipinski definition) is 4. The van der Waals surface area contributed by atoms with Crippen molar-refractivity contribution >= 4 is 35.1 Å². The molecule has 82 valence electrons. The normalized spacial score (nSPS) is 10.0. The van der Waals surface area contributed by atoms with Gasteiger partial charge in [0, 0.05) is 0 Å². The zero-order valence-electron chi connectivity index (χ0n) is 7.79. The molecule has 0 radical (unpaired) electrons. The Morgan fingerprint density at radius 3 is 2.29 bits per heavy atom. The van der Waals surface area contributed by atoms with Crippen LogP contribution in [0.2, 0.25) is 0 Å². The molecule has 0 rings (SSSR count). The van der Waals surface area contributed by atoms with E-state index < -0.39 is 23.2 Å². The van der Waals surface area contributed by atoms with Crippen LogP contribution in [-0.4, -0.2) is 30.0 Å². The average Bonchev–Trinajstić information content (AvgIpc) is 2.11. The Morgan fingerprint density at radius 1 is 1.21 bits per heavy atom. The molecule has 14 heavy (non-hydrogen) atoms. The SMILES string of the molecule is CCCOC(=O)CC(=O)OCC(Cl)Cl. The van der Waals surface area contributed by atoms with Gasteiger partial charge in [-0.3, -0.25) is 9.59 Å². The first-order valence-corrected chi connectivity index (χ1v) is 5.03. The molecule has 0 fully saturated rings. The van der Waals surface area contributed by atoms with E-state index in [9.17, 15) is 9.59 Å². The zero-order valence-corrected chi connectivity index (χ0v) is 9.31. The van der Waals surface area contributed by atoms with Gasteiger partial charge in [0.2, 0.25) is 0 Å². The van der Waals surface area contributed by atoms with Gasteiger partial charge >= 0.3 is 11.9 Å². The van der Waals surface area contributed by atoms with Crippen LogP contribution in [0.5, 0.6) is 0 Å². The van der Waals surface area contributed by atoms with Crippen LogP contribution in [0.25, 0.3) is 0 Å². The summed E-state index contributed by atoms with van der Waals surface area (Å²) in [5.74, 6) is -1.28. The molecular weight excluding hydrogens is 231 g/mol. The third-order valence-corrected chi connectivity index (χ3v) is 1.38. The van der Waals surface area contributed by atoms with Crippen molar-refractivity contribution in [3.05, 3.63) is 0 Å². The fraction of sp³-hybridized carbons (Fsp3) is 0.750. The molecule has 0 amide bonds. The minimum atomic E-state index is -0.773. The largest absolute Gasteiger partial charge is 0.465 e. The fourth-order valence-electron chi connectivity index (χ4n) is 0.592. The van der Waals surface area contributed by atoms with E-state index in [1.54, 1.807) is 0 Å². The second-order valence-corrected chi connectivity index (χ2v) is 3.75. The van der Waals surface area contributed by atoms with Crippen molar-refractivity contribution in [3.8, 4) is 0 Å². The van der Waals surface area contributed by atoms with E-state index in [2.05, 4.69) is 9.47 Å². The number of alkyl halides is 2. The summed E-state index contributed by atoms with van der Waals surface area (Å²) >= 11 is 10.6. The molecule has 4 nitrogen and oxygen atoms in total. The van der Waals surface area contributed by atoms with Crippen LogP contribution in [0.4, 0.5) is 0 Å². The highest BCUT2D eigenvalue weighted by Gasteiger charge is 2.12. The van der Waals surface area contributed by atoms with Crippen molar-refractivity contribution in [3.63, 3.8) is 0 Å². The van der Waals surface area contributed by atoms with E-state index in [1.165, 1.54) is 0 Å². The van der Waals surface area contributed by atoms with E-state index >= 15 is 0 Å². The van der Waals surface area contributed by atoms with E-state index in [0.717, 1.165) is 0 Å². The highest BCUT2D eigenvalue weighted by atomic mass is 35.5. The van der Waals surface area contributed by atoms with Crippen molar-refractivity contribution < 1.29 is 19.1 Å². The summed E-state index contributed by atoms with van der Waals surface area (Å²) in [5.41, 5.74) is 0. The highest BCUT2D eigenvalue weighted by Crippen LogP contribution is 2.02. The standard InChI is InChI=1S/C8H12Cl2O4/c1-2-3-13-7(11)4-8(12)14-5-6(9)10/h6H,2-5H2,1H3. The topological polar surface area (TPSA) is 52.6 Å². The Balaban J connectivity index is 3.55. The van der Waals surface area contributed by atoms with Gasteiger partial charge in [-0.25, -0.2) is 0 Å². The highest BCUT2D eigenvalue weighted by molar-refractivity contribution is 6.44. The summed E-state index contributed by atoms with van der Waals surface area (Å²) in [5, 5.41) is 0. The average molecular weight is 243 g/mol. The predicted octanol–water partition coefficient (Wildman–Crippen LogP) is 1.68. The number of esters is 2. The Hall–Kier alpha value is -0.480. The zero-order chi connectivity index (χ0) is 11.0. The minimum Gasteiger partial charge on any atom is -0.465 e. The quantitative estimate of drug-likeness (QED) is 0.404. The van der Waals surface area contributed by atoms with Crippen LogP contribution in [-0.2, 0) is 19.1 Å². The van der Waals surface area contributed by atoms with Gasteiger partial charge in [-0.2, -0.15) is 0 Å². The molecule has 0 atom stereocenters. The monoisotopic (exact) mass is 242 g/mol. The van der Waals surface area contributed by atoms with Crippen LogP contribution < -0.4 is 0 Å². The van der Waals surface area contributed by atoms with Crippen LogP contribution in [0.15, 0.2) is 0 Å². The van der Waals surface area contributed by atoms with Crippen LogP contribution in [0.3, 0.4) is 0 Å². The number of carbonyl (C=O) groups is 2. The van der Waals surface area contributed by atoms with E-state index in [1.807, 2.05) is 6.92 Å². The molecule has 0 unspecified atom stereocenters. The first kappa shape index (κ1) is 13.5. The smallest absolute Gasteiger partial charge is 0.317 e. The molecule has 0 N–H and O–H groups in total. The van der Waals surface area contributed by atoms with Crippen molar-refractivity contribution in [2.24, 2.45) is 0 Å². The van der Waals surface area contributed by atoms with Crippen LogP contribution in [0.1, 0.15) is 19.8 Å². The molecule has 6 heteroatoms. The molecule has 0 saturated carbocycles. The summed E-state index contributed by atoms with van der Waals surface area (Å²) in [6.07, 6.45) is 0.312. The second-order valence-electron chi connectivity index (χ2n) is 2.47. The Morgan fingerprint density at radius 2 is 1.79 bits per heavy atom. The predicted molar refractivity (Wildman–Crippen MR) is 52.3 cm³/mol. The maximum absolute atomic E-state index is 10.9. The lowest BCUT2D eigenvalue weighted by Crippen LogP contribution is -2.16. The van der Waals surface area contributed by atoms with Crippen molar-refractivity contribution in [2.45, 2.75) is 24.6 Å². The van der Waals surface area contributed by atoms with E-state index in [0.29, 0.717) is 13.0 Å². The molecule has 0 aromatic carbocycles. The number of ether oxygens (including phenoxy) is 2.